The first-order chi connectivity index (χ1) is 10.2. The highest BCUT2D eigenvalue weighted by atomic mass is 16.4. The third kappa shape index (κ3) is 3.37. The van der Waals surface area contributed by atoms with Gasteiger partial charge in [-0.3, -0.25) is 4.79 Å². The normalized spacial score (nSPS) is 10.5. The van der Waals surface area contributed by atoms with Gasteiger partial charge in [0.25, 0.3) is 0 Å². The number of benzene rings is 1. The molecule has 0 radical (unpaired) electrons. The van der Waals surface area contributed by atoms with Crippen LogP contribution in [0.2, 0.25) is 0 Å². The van der Waals surface area contributed by atoms with Gasteiger partial charge >= 0.3 is 5.97 Å². The lowest BCUT2D eigenvalue weighted by molar-refractivity contribution is 0.0695. The minimum atomic E-state index is -0.964. The minimum Gasteiger partial charge on any atom is -0.478 e. The molecule has 1 N–H and O–H groups in total. The summed E-state index contributed by atoms with van der Waals surface area (Å²) in [6, 6.07) is 6.83. The van der Waals surface area contributed by atoms with Crippen LogP contribution < -0.4 is 0 Å². The molecule has 2 aromatic rings. The van der Waals surface area contributed by atoms with Crippen LogP contribution >= 0.6 is 0 Å². The van der Waals surface area contributed by atoms with Crippen LogP contribution in [-0.2, 0) is 13.0 Å². The van der Waals surface area contributed by atoms with Crippen LogP contribution in [0.5, 0.6) is 0 Å². The highest BCUT2D eigenvalue weighted by molar-refractivity contribution is 5.89. The monoisotopic (exact) mass is 286 g/mol. The Kier molecular flexibility index (Phi) is 4.87. The number of aromatic carboxylic acids is 1. The summed E-state index contributed by atoms with van der Waals surface area (Å²) >= 11 is 0. The second-order valence-electron chi connectivity index (χ2n) is 4.87. The van der Waals surface area contributed by atoms with Crippen molar-refractivity contribution >= 4 is 12.3 Å². The van der Waals surface area contributed by atoms with Gasteiger partial charge in [-0.05, 0) is 18.1 Å². The van der Waals surface area contributed by atoms with Crippen LogP contribution in [0.15, 0.2) is 30.5 Å². The van der Waals surface area contributed by atoms with E-state index in [2.05, 4.69) is 11.9 Å². The quantitative estimate of drug-likeness (QED) is 0.794. The van der Waals surface area contributed by atoms with E-state index in [0.717, 1.165) is 31.4 Å². The Bertz CT molecular complexity index is 647. The van der Waals surface area contributed by atoms with E-state index < -0.39 is 5.97 Å². The van der Waals surface area contributed by atoms with Crippen LogP contribution in [0.4, 0.5) is 0 Å². The number of carbonyl (C=O) groups is 2. The second-order valence-corrected chi connectivity index (χ2v) is 4.87. The molecule has 0 unspecified atom stereocenters. The zero-order valence-corrected chi connectivity index (χ0v) is 12.0. The van der Waals surface area contributed by atoms with E-state index >= 15 is 0 Å². The first kappa shape index (κ1) is 15.0. The Hall–Kier alpha value is -2.43. The zero-order chi connectivity index (χ0) is 15.2. The van der Waals surface area contributed by atoms with Crippen molar-refractivity contribution in [3.63, 3.8) is 0 Å². The lowest BCUT2D eigenvalue weighted by Gasteiger charge is -2.11. The van der Waals surface area contributed by atoms with Gasteiger partial charge in [-0.1, -0.05) is 31.5 Å². The fourth-order valence-corrected chi connectivity index (χ4v) is 2.28. The number of hydrogen-bond acceptors (Lipinski definition) is 3. The molecule has 0 aliphatic carbocycles. The van der Waals surface area contributed by atoms with Gasteiger partial charge in [0.2, 0.25) is 0 Å². The first-order valence-corrected chi connectivity index (χ1v) is 6.98. The molecule has 1 aromatic heterocycles. The molecule has 1 heterocycles. The molecule has 0 amide bonds. The van der Waals surface area contributed by atoms with Crippen molar-refractivity contribution in [1.82, 2.24) is 9.55 Å². The van der Waals surface area contributed by atoms with E-state index in [9.17, 15) is 14.7 Å². The van der Waals surface area contributed by atoms with Crippen molar-refractivity contribution < 1.29 is 14.7 Å². The van der Waals surface area contributed by atoms with Crippen LogP contribution in [-0.4, -0.2) is 26.9 Å². The van der Waals surface area contributed by atoms with Crippen molar-refractivity contribution in [2.24, 2.45) is 0 Å². The van der Waals surface area contributed by atoms with E-state index in [1.165, 1.54) is 0 Å². The molecule has 110 valence electrons. The summed E-state index contributed by atoms with van der Waals surface area (Å²) < 4.78 is 1.80. The molecule has 0 spiro atoms. The molecule has 2 rings (SSSR count). The number of hydrogen-bond donors (Lipinski definition) is 1. The number of unbranched alkanes of at least 4 members (excludes halogenated alkanes) is 1. The van der Waals surface area contributed by atoms with Gasteiger partial charge in [-0.25, -0.2) is 9.78 Å². The Morgan fingerprint density at radius 1 is 1.38 bits per heavy atom. The SMILES string of the molecule is CCCCc1ncc(C=O)n1Cc1ccccc1C(=O)O. The van der Waals surface area contributed by atoms with E-state index in [1.807, 2.05) is 0 Å². The van der Waals surface area contributed by atoms with Gasteiger partial charge in [0.1, 0.15) is 11.5 Å². The van der Waals surface area contributed by atoms with Gasteiger partial charge in [-0.2, -0.15) is 0 Å². The van der Waals surface area contributed by atoms with Crippen molar-refractivity contribution in [2.75, 3.05) is 0 Å². The molecule has 0 aliphatic heterocycles. The molecule has 21 heavy (non-hydrogen) atoms. The van der Waals surface area contributed by atoms with Crippen LogP contribution in [0, 0.1) is 0 Å². The van der Waals surface area contributed by atoms with Gasteiger partial charge < -0.3 is 9.67 Å². The highest BCUT2D eigenvalue weighted by Crippen LogP contribution is 2.15. The molecule has 5 nitrogen and oxygen atoms in total. The predicted molar refractivity (Wildman–Crippen MR) is 78.7 cm³/mol. The summed E-state index contributed by atoms with van der Waals surface area (Å²) in [6.45, 7) is 2.43. The molecular formula is C16H18N2O3. The Labute approximate surface area is 123 Å². The molecule has 0 atom stereocenters. The molecule has 1 aromatic carbocycles. The summed E-state index contributed by atoms with van der Waals surface area (Å²) in [5.41, 5.74) is 1.40. The minimum absolute atomic E-state index is 0.254. The highest BCUT2D eigenvalue weighted by Gasteiger charge is 2.14. The Morgan fingerprint density at radius 2 is 2.14 bits per heavy atom. The second kappa shape index (κ2) is 6.83. The number of aldehydes is 1. The molecule has 0 fully saturated rings. The third-order valence-electron chi connectivity index (χ3n) is 3.42. The lowest BCUT2D eigenvalue weighted by atomic mass is 10.1. The number of carboxylic acid groups (broad SMARTS) is 1. The maximum absolute atomic E-state index is 11.3. The molecule has 0 aliphatic rings. The number of nitrogens with zero attached hydrogens (tertiary/aromatic N) is 2. The van der Waals surface area contributed by atoms with Crippen LogP contribution in [0.3, 0.4) is 0 Å². The molecule has 0 saturated heterocycles. The molecule has 0 bridgehead atoms. The summed E-state index contributed by atoms with van der Waals surface area (Å²) in [7, 11) is 0. The number of carboxylic acids is 1. The zero-order valence-electron chi connectivity index (χ0n) is 12.0. The van der Waals surface area contributed by atoms with Crippen molar-refractivity contribution in [2.45, 2.75) is 32.7 Å². The van der Waals surface area contributed by atoms with Crippen LogP contribution in [0.25, 0.3) is 0 Å². The topological polar surface area (TPSA) is 72.2 Å². The average molecular weight is 286 g/mol. The maximum atomic E-state index is 11.3. The van der Waals surface area contributed by atoms with Gasteiger partial charge in [0.05, 0.1) is 18.3 Å². The summed E-state index contributed by atoms with van der Waals surface area (Å²) in [6.07, 6.45) is 5.09. The van der Waals surface area contributed by atoms with Crippen molar-refractivity contribution in [3.05, 3.63) is 53.1 Å². The first-order valence-electron chi connectivity index (χ1n) is 6.98. The van der Waals surface area contributed by atoms with Crippen LogP contribution in [0.1, 0.15) is 52.0 Å². The fourth-order valence-electron chi connectivity index (χ4n) is 2.28. The molecule has 5 heteroatoms. The largest absolute Gasteiger partial charge is 0.478 e. The Morgan fingerprint density at radius 3 is 2.81 bits per heavy atom. The predicted octanol–water partition coefficient (Wildman–Crippen LogP) is 2.78. The lowest BCUT2D eigenvalue weighted by Crippen LogP contribution is -2.12. The van der Waals surface area contributed by atoms with E-state index in [-0.39, 0.29) is 5.56 Å². The van der Waals surface area contributed by atoms with E-state index in [1.54, 1.807) is 35.0 Å². The van der Waals surface area contributed by atoms with Gasteiger partial charge in [0, 0.05) is 6.42 Å². The third-order valence-corrected chi connectivity index (χ3v) is 3.42. The number of imidazole rings is 1. The van der Waals surface area contributed by atoms with Crippen molar-refractivity contribution in [1.29, 1.82) is 0 Å². The molecular weight excluding hydrogens is 268 g/mol. The van der Waals surface area contributed by atoms with E-state index in [4.69, 9.17) is 0 Å². The molecule has 0 saturated carbocycles. The number of carbonyl (C=O) groups excluding carboxylic acids is 1. The maximum Gasteiger partial charge on any atom is 0.336 e. The number of aromatic nitrogens is 2. The van der Waals surface area contributed by atoms with Gasteiger partial charge in [-0.15, -0.1) is 0 Å². The Balaban J connectivity index is 2.36. The summed E-state index contributed by atoms with van der Waals surface area (Å²) in [4.78, 5) is 26.7. The fraction of sp³-hybridized carbons (Fsp3) is 0.312. The summed E-state index contributed by atoms with van der Waals surface area (Å²) in [5, 5.41) is 9.24. The number of aryl methyl sites for hydroxylation is 1. The smallest absolute Gasteiger partial charge is 0.336 e. The number of rotatable bonds is 7. The van der Waals surface area contributed by atoms with Crippen molar-refractivity contribution in [3.8, 4) is 0 Å². The average Bonchev–Trinajstić information content (AvgIpc) is 2.87. The summed E-state index contributed by atoms with van der Waals surface area (Å²) in [5.74, 6) is -0.146. The standard InChI is InChI=1S/C16H18N2O3/c1-2-3-8-15-17-9-13(11-19)18(15)10-12-6-4-5-7-14(12)16(20)21/h4-7,9,11H,2-3,8,10H2,1H3,(H,20,21). The van der Waals surface area contributed by atoms with Gasteiger partial charge in [0.15, 0.2) is 6.29 Å². The van der Waals surface area contributed by atoms with E-state index in [0.29, 0.717) is 17.8 Å².